The Labute approximate surface area is 168 Å². The van der Waals surface area contributed by atoms with E-state index in [1.54, 1.807) is 24.2 Å². The molecule has 0 atom stereocenters. The first-order valence-electron chi connectivity index (χ1n) is 9.09. The molecule has 4 rings (SSSR count). The van der Waals surface area contributed by atoms with Crippen molar-refractivity contribution < 1.29 is 9.53 Å². The highest BCUT2D eigenvalue weighted by molar-refractivity contribution is 5.98. The van der Waals surface area contributed by atoms with Gasteiger partial charge < -0.3 is 10.1 Å². The van der Waals surface area contributed by atoms with E-state index in [1.807, 2.05) is 66.7 Å². The molecule has 7 heteroatoms. The molecule has 0 saturated heterocycles. The van der Waals surface area contributed by atoms with Crippen LogP contribution in [-0.2, 0) is 6.54 Å². The van der Waals surface area contributed by atoms with Crippen LogP contribution in [0.5, 0.6) is 5.75 Å². The van der Waals surface area contributed by atoms with Gasteiger partial charge in [0.2, 0.25) is 0 Å². The number of nitrogens with one attached hydrogen (secondary N) is 1. The average molecular weight is 385 g/mol. The molecule has 0 bridgehead atoms. The Balaban J connectivity index is 1.64. The van der Waals surface area contributed by atoms with Crippen molar-refractivity contribution in [1.82, 2.24) is 25.3 Å². The van der Waals surface area contributed by atoms with Gasteiger partial charge in [0.25, 0.3) is 5.91 Å². The Bertz CT molecular complexity index is 1090. The first-order valence-corrected chi connectivity index (χ1v) is 9.09. The van der Waals surface area contributed by atoms with Gasteiger partial charge in [-0.15, -0.1) is 5.10 Å². The van der Waals surface area contributed by atoms with E-state index in [2.05, 4.69) is 20.6 Å². The highest BCUT2D eigenvalue weighted by Gasteiger charge is 2.22. The lowest BCUT2D eigenvalue weighted by Gasteiger charge is -2.09. The van der Waals surface area contributed by atoms with Crippen molar-refractivity contribution in [3.8, 4) is 22.7 Å². The van der Waals surface area contributed by atoms with Crippen LogP contribution in [0.1, 0.15) is 16.1 Å². The minimum atomic E-state index is -0.304. The average Bonchev–Trinajstić information content (AvgIpc) is 3.24. The van der Waals surface area contributed by atoms with E-state index in [0.717, 1.165) is 22.6 Å². The lowest BCUT2D eigenvalue weighted by molar-refractivity contribution is 0.0946. The number of para-hydroxylation sites is 1. The molecule has 7 nitrogen and oxygen atoms in total. The van der Waals surface area contributed by atoms with Gasteiger partial charge in [-0.25, -0.2) is 4.68 Å². The molecule has 2 aromatic carbocycles. The third kappa shape index (κ3) is 3.98. The quantitative estimate of drug-likeness (QED) is 0.551. The lowest BCUT2D eigenvalue weighted by Crippen LogP contribution is -2.24. The molecule has 2 aromatic heterocycles. The normalized spacial score (nSPS) is 10.5. The van der Waals surface area contributed by atoms with Gasteiger partial charge in [0, 0.05) is 24.5 Å². The summed E-state index contributed by atoms with van der Waals surface area (Å²) in [6.45, 7) is 0.369. The zero-order valence-electron chi connectivity index (χ0n) is 15.8. The predicted molar refractivity (Wildman–Crippen MR) is 109 cm³/mol. The number of amides is 1. The number of ether oxygens (including phenoxy) is 1. The number of hydrogen-bond donors (Lipinski definition) is 1. The zero-order chi connectivity index (χ0) is 20.1. The number of benzene rings is 2. The topological polar surface area (TPSA) is 81.9 Å². The van der Waals surface area contributed by atoms with Crippen molar-refractivity contribution in [2.45, 2.75) is 6.54 Å². The fourth-order valence-electron chi connectivity index (χ4n) is 2.96. The van der Waals surface area contributed by atoms with E-state index in [-0.39, 0.29) is 11.6 Å². The first kappa shape index (κ1) is 18.4. The molecule has 0 aliphatic heterocycles. The number of carbonyl (C=O) groups excluding carboxylic acids is 1. The second-order valence-corrected chi connectivity index (χ2v) is 6.31. The summed E-state index contributed by atoms with van der Waals surface area (Å²) in [6, 6.07) is 20.8. The second-order valence-electron chi connectivity index (χ2n) is 6.31. The summed E-state index contributed by atoms with van der Waals surface area (Å²) in [5.74, 6) is 0.464. The minimum Gasteiger partial charge on any atom is -0.497 e. The summed E-state index contributed by atoms with van der Waals surface area (Å²) in [4.78, 5) is 17.1. The smallest absolute Gasteiger partial charge is 0.274 e. The number of rotatable bonds is 6. The van der Waals surface area contributed by atoms with Crippen LogP contribution < -0.4 is 10.1 Å². The zero-order valence-corrected chi connectivity index (χ0v) is 15.8. The third-order valence-electron chi connectivity index (χ3n) is 4.43. The summed E-state index contributed by atoms with van der Waals surface area (Å²) in [7, 11) is 1.62. The molecule has 1 N–H and O–H groups in total. The van der Waals surface area contributed by atoms with Gasteiger partial charge in [-0.05, 0) is 42.0 Å². The molecule has 0 fully saturated rings. The molecule has 0 aliphatic rings. The first-order chi connectivity index (χ1) is 14.3. The number of hydrogen-bond acceptors (Lipinski definition) is 5. The highest BCUT2D eigenvalue weighted by atomic mass is 16.5. The van der Waals surface area contributed by atoms with Crippen molar-refractivity contribution in [3.63, 3.8) is 0 Å². The van der Waals surface area contributed by atoms with Crippen LogP contribution in [0.4, 0.5) is 0 Å². The van der Waals surface area contributed by atoms with E-state index in [1.165, 1.54) is 0 Å². The van der Waals surface area contributed by atoms with Gasteiger partial charge in [-0.2, -0.15) is 0 Å². The maximum absolute atomic E-state index is 12.9. The lowest BCUT2D eigenvalue weighted by atomic mass is 10.1. The molecular weight excluding hydrogens is 366 g/mol. The second kappa shape index (κ2) is 8.35. The SMILES string of the molecule is COc1ccc(CNC(=O)c2nnn(-c3ccccc3)c2-c2cccnc2)cc1. The van der Waals surface area contributed by atoms with Crippen LogP contribution in [0.3, 0.4) is 0 Å². The van der Waals surface area contributed by atoms with Crippen LogP contribution in [0.15, 0.2) is 79.1 Å². The Morgan fingerprint density at radius 1 is 1.03 bits per heavy atom. The van der Waals surface area contributed by atoms with E-state index in [9.17, 15) is 4.79 Å². The number of methoxy groups -OCH3 is 1. The standard InChI is InChI=1S/C22H19N5O2/c1-29-19-11-9-16(10-12-19)14-24-22(28)20-21(17-6-5-13-23-15-17)27(26-25-20)18-7-3-2-4-8-18/h2-13,15H,14H2,1H3,(H,24,28). The fraction of sp³-hybridized carbons (Fsp3) is 0.0909. The van der Waals surface area contributed by atoms with Gasteiger partial charge in [0.05, 0.1) is 12.8 Å². The summed E-state index contributed by atoms with van der Waals surface area (Å²) < 4.78 is 6.81. The molecule has 0 radical (unpaired) electrons. The Kier molecular flexibility index (Phi) is 5.29. The predicted octanol–water partition coefficient (Wildman–Crippen LogP) is 3.27. The molecule has 4 aromatic rings. The van der Waals surface area contributed by atoms with Crippen molar-refractivity contribution in [2.75, 3.05) is 7.11 Å². The largest absolute Gasteiger partial charge is 0.497 e. The van der Waals surface area contributed by atoms with E-state index >= 15 is 0 Å². The van der Waals surface area contributed by atoms with Crippen molar-refractivity contribution >= 4 is 5.91 Å². The van der Waals surface area contributed by atoms with Gasteiger partial charge >= 0.3 is 0 Å². The van der Waals surface area contributed by atoms with Crippen molar-refractivity contribution in [1.29, 1.82) is 0 Å². The minimum absolute atomic E-state index is 0.246. The van der Waals surface area contributed by atoms with Crippen LogP contribution >= 0.6 is 0 Å². The highest BCUT2D eigenvalue weighted by Crippen LogP contribution is 2.24. The molecular formula is C22H19N5O2. The Morgan fingerprint density at radius 2 is 1.83 bits per heavy atom. The summed E-state index contributed by atoms with van der Waals surface area (Å²) >= 11 is 0. The number of carbonyl (C=O) groups is 1. The summed E-state index contributed by atoms with van der Waals surface area (Å²) in [5.41, 5.74) is 3.37. The van der Waals surface area contributed by atoms with Gasteiger partial charge in [-0.3, -0.25) is 9.78 Å². The maximum Gasteiger partial charge on any atom is 0.274 e. The van der Waals surface area contributed by atoms with Crippen LogP contribution in [-0.4, -0.2) is 33.0 Å². The number of aromatic nitrogens is 4. The summed E-state index contributed by atoms with van der Waals surface area (Å²) in [6.07, 6.45) is 3.38. The number of pyridine rings is 1. The summed E-state index contributed by atoms with van der Waals surface area (Å²) in [5, 5.41) is 11.3. The van der Waals surface area contributed by atoms with Crippen LogP contribution in [0.2, 0.25) is 0 Å². The number of nitrogens with zero attached hydrogens (tertiary/aromatic N) is 4. The Hall–Kier alpha value is -4.00. The van der Waals surface area contributed by atoms with Gasteiger partial charge in [0.15, 0.2) is 5.69 Å². The van der Waals surface area contributed by atoms with E-state index < -0.39 is 0 Å². The molecule has 144 valence electrons. The third-order valence-corrected chi connectivity index (χ3v) is 4.43. The molecule has 0 saturated carbocycles. The van der Waals surface area contributed by atoms with Crippen molar-refractivity contribution in [2.24, 2.45) is 0 Å². The van der Waals surface area contributed by atoms with Gasteiger partial charge in [0.1, 0.15) is 11.4 Å². The monoisotopic (exact) mass is 385 g/mol. The van der Waals surface area contributed by atoms with Gasteiger partial charge in [-0.1, -0.05) is 35.5 Å². The van der Waals surface area contributed by atoms with E-state index in [4.69, 9.17) is 4.74 Å². The van der Waals surface area contributed by atoms with Crippen molar-refractivity contribution in [3.05, 3.63) is 90.4 Å². The molecule has 2 heterocycles. The van der Waals surface area contributed by atoms with Crippen LogP contribution in [0, 0.1) is 0 Å². The van der Waals surface area contributed by atoms with Crippen LogP contribution in [0.25, 0.3) is 16.9 Å². The molecule has 1 amide bonds. The molecule has 0 spiro atoms. The molecule has 0 unspecified atom stereocenters. The molecule has 0 aliphatic carbocycles. The fourth-order valence-corrected chi connectivity index (χ4v) is 2.96. The Morgan fingerprint density at radius 3 is 2.52 bits per heavy atom. The molecule has 29 heavy (non-hydrogen) atoms. The van der Waals surface area contributed by atoms with E-state index in [0.29, 0.717) is 12.2 Å². The maximum atomic E-state index is 12.9.